The van der Waals surface area contributed by atoms with Gasteiger partial charge < -0.3 is 0 Å². The first-order valence-electron chi connectivity index (χ1n) is 12.2. The normalized spacial score (nSPS) is 14.1. The Morgan fingerprint density at radius 1 is 0.886 bits per heavy atom. The van der Waals surface area contributed by atoms with E-state index in [9.17, 15) is 22.8 Å². The molecule has 0 aromatic heterocycles. The number of fused-ring (bicyclic) bond motifs is 1. The maximum atomic E-state index is 13.0. The fourth-order valence-electron chi connectivity index (χ4n) is 4.05. The molecule has 1 aliphatic heterocycles. The summed E-state index contributed by atoms with van der Waals surface area (Å²) in [5.41, 5.74) is 3.02. The zero-order valence-electron chi connectivity index (χ0n) is 21.3. The van der Waals surface area contributed by atoms with Crippen LogP contribution in [-0.2, 0) is 21.1 Å². The predicted molar refractivity (Wildman–Crippen MR) is 139 cm³/mol. The van der Waals surface area contributed by atoms with E-state index >= 15 is 0 Å². The van der Waals surface area contributed by atoms with Gasteiger partial charge in [0.25, 0.3) is 11.8 Å². The van der Waals surface area contributed by atoms with Gasteiger partial charge in [-0.05, 0) is 74.9 Å². The van der Waals surface area contributed by atoms with Crippen molar-refractivity contribution in [2.75, 3.05) is 10.7 Å². The molecule has 0 saturated heterocycles. The molecule has 188 valence electrons. The molecule has 0 N–H and O–H groups in total. The van der Waals surface area contributed by atoms with Gasteiger partial charge >= 0.3 is 0 Å². The number of nitrogens with zero attached hydrogens (tertiary/aromatic N) is 1. The van der Waals surface area contributed by atoms with E-state index < -0.39 is 14.6 Å². The third-order valence-corrected chi connectivity index (χ3v) is 9.16. The number of carbonyl (C=O) groups is 3. The van der Waals surface area contributed by atoms with Crippen molar-refractivity contribution in [3.63, 3.8) is 0 Å². The molecule has 2 amide bonds. The first kappa shape index (κ1) is 26.8. The van der Waals surface area contributed by atoms with E-state index in [-0.39, 0.29) is 29.8 Å². The zero-order chi connectivity index (χ0) is 26.0. The molecule has 6 nitrogen and oxygen atoms in total. The van der Waals surface area contributed by atoms with Gasteiger partial charge in [-0.1, -0.05) is 38.5 Å². The van der Waals surface area contributed by atoms with Crippen LogP contribution in [0.5, 0.6) is 0 Å². The lowest BCUT2D eigenvalue weighted by Gasteiger charge is -2.18. The number of rotatable bonds is 10. The van der Waals surface area contributed by atoms with E-state index in [2.05, 4.69) is 13.8 Å². The Balaban J connectivity index is 1.57. The van der Waals surface area contributed by atoms with Crippen molar-refractivity contribution in [1.29, 1.82) is 0 Å². The summed E-state index contributed by atoms with van der Waals surface area (Å²) in [5.74, 6) is -0.228. The fourth-order valence-corrected chi connectivity index (χ4v) is 5.25. The monoisotopic (exact) mass is 497 g/mol. The summed E-state index contributed by atoms with van der Waals surface area (Å²) in [5, 5.41) is 0. The zero-order valence-corrected chi connectivity index (χ0v) is 22.1. The van der Waals surface area contributed by atoms with E-state index in [1.165, 1.54) is 4.90 Å². The van der Waals surface area contributed by atoms with Crippen molar-refractivity contribution in [3.05, 3.63) is 64.7 Å². The van der Waals surface area contributed by atoms with Crippen molar-refractivity contribution >= 4 is 33.1 Å². The molecular weight excluding hydrogens is 462 g/mol. The lowest BCUT2D eigenvalue weighted by atomic mass is 10.00. The van der Waals surface area contributed by atoms with Gasteiger partial charge in [0.15, 0.2) is 9.84 Å². The summed E-state index contributed by atoms with van der Waals surface area (Å²) in [4.78, 5) is 39.6. The van der Waals surface area contributed by atoms with E-state index in [0.717, 1.165) is 5.56 Å². The maximum Gasteiger partial charge on any atom is 0.266 e. The molecule has 0 unspecified atom stereocenters. The number of hydrogen-bond donors (Lipinski definition) is 0. The SMILES string of the molecule is CC(C)c1ccc(N2C(=O)c3ccc(CC(=O)CCCCCS(=O)(=O)C(C)(C)C)cc3C2=O)cc1. The van der Waals surface area contributed by atoms with Gasteiger partial charge in [-0.15, -0.1) is 0 Å². The van der Waals surface area contributed by atoms with Crippen LogP contribution >= 0.6 is 0 Å². The number of unbranched alkanes of at least 4 members (excludes halogenated alkanes) is 2. The molecule has 0 fully saturated rings. The number of Topliss-reactive ketones (excluding diaryl/α,β-unsaturated/α-hetero) is 1. The molecule has 1 aliphatic rings. The molecule has 0 bridgehead atoms. The molecule has 7 heteroatoms. The highest BCUT2D eigenvalue weighted by molar-refractivity contribution is 7.92. The van der Waals surface area contributed by atoms with Gasteiger partial charge in [0.05, 0.1) is 27.3 Å². The molecule has 0 radical (unpaired) electrons. The number of carbonyl (C=O) groups excluding carboxylic acids is 3. The molecular formula is C28H35NO5S. The van der Waals surface area contributed by atoms with Crippen LogP contribution in [0, 0.1) is 0 Å². The third-order valence-electron chi connectivity index (χ3n) is 6.47. The van der Waals surface area contributed by atoms with Gasteiger partial charge in [-0.2, -0.15) is 0 Å². The lowest BCUT2D eigenvalue weighted by molar-refractivity contribution is -0.118. The summed E-state index contributed by atoms with van der Waals surface area (Å²) in [7, 11) is -3.14. The van der Waals surface area contributed by atoms with Crippen LogP contribution in [0.2, 0.25) is 0 Å². The van der Waals surface area contributed by atoms with Gasteiger partial charge in [-0.25, -0.2) is 13.3 Å². The third kappa shape index (κ3) is 6.07. The van der Waals surface area contributed by atoms with Crippen LogP contribution in [0.1, 0.15) is 98.1 Å². The minimum atomic E-state index is -3.14. The number of amides is 2. The predicted octanol–water partition coefficient (Wildman–Crippen LogP) is 5.50. The molecule has 0 saturated carbocycles. The Morgan fingerprint density at radius 2 is 1.51 bits per heavy atom. The summed E-state index contributed by atoms with van der Waals surface area (Å²) in [6.07, 6.45) is 2.37. The van der Waals surface area contributed by atoms with E-state index in [1.807, 2.05) is 12.1 Å². The topological polar surface area (TPSA) is 88.6 Å². The molecule has 35 heavy (non-hydrogen) atoms. The average molecular weight is 498 g/mol. The highest BCUT2D eigenvalue weighted by atomic mass is 32.2. The molecule has 0 spiro atoms. The van der Waals surface area contributed by atoms with E-state index in [4.69, 9.17) is 0 Å². The lowest BCUT2D eigenvalue weighted by Crippen LogP contribution is -2.30. The number of imide groups is 1. The van der Waals surface area contributed by atoms with Crippen molar-refractivity contribution < 1.29 is 22.8 Å². The Hall–Kier alpha value is -2.80. The molecule has 2 aromatic rings. The first-order valence-corrected chi connectivity index (χ1v) is 13.8. The fraction of sp³-hybridized carbons (Fsp3) is 0.464. The Morgan fingerprint density at radius 3 is 2.11 bits per heavy atom. The number of benzene rings is 2. The Labute approximate surface area is 208 Å². The van der Waals surface area contributed by atoms with Gasteiger partial charge in [0.2, 0.25) is 0 Å². The number of sulfone groups is 1. The van der Waals surface area contributed by atoms with Crippen LogP contribution in [0.4, 0.5) is 5.69 Å². The van der Waals surface area contributed by atoms with Crippen molar-refractivity contribution in [2.24, 2.45) is 0 Å². The second-order valence-corrected chi connectivity index (χ2v) is 13.4. The highest BCUT2D eigenvalue weighted by Gasteiger charge is 2.36. The van der Waals surface area contributed by atoms with Crippen molar-refractivity contribution in [2.45, 2.75) is 77.4 Å². The van der Waals surface area contributed by atoms with Crippen LogP contribution in [0.15, 0.2) is 42.5 Å². The van der Waals surface area contributed by atoms with Crippen molar-refractivity contribution in [3.8, 4) is 0 Å². The number of anilines is 1. The molecule has 1 heterocycles. The Bertz CT molecular complexity index is 1220. The summed E-state index contributed by atoms with van der Waals surface area (Å²) in [6, 6.07) is 12.4. The van der Waals surface area contributed by atoms with E-state index in [0.29, 0.717) is 54.0 Å². The minimum absolute atomic E-state index is 0.0292. The van der Waals surface area contributed by atoms with Gasteiger partial charge in [0, 0.05) is 12.8 Å². The number of hydrogen-bond acceptors (Lipinski definition) is 5. The quantitative estimate of drug-likeness (QED) is 0.320. The van der Waals surface area contributed by atoms with Gasteiger partial charge in [0.1, 0.15) is 5.78 Å². The largest absolute Gasteiger partial charge is 0.299 e. The van der Waals surface area contributed by atoms with Crippen LogP contribution in [-0.4, -0.2) is 36.5 Å². The Kier molecular flexibility index (Phi) is 8.00. The first-order chi connectivity index (χ1) is 16.3. The van der Waals surface area contributed by atoms with Crippen molar-refractivity contribution in [1.82, 2.24) is 0 Å². The molecule has 3 rings (SSSR count). The van der Waals surface area contributed by atoms with Crippen LogP contribution in [0.3, 0.4) is 0 Å². The smallest absolute Gasteiger partial charge is 0.266 e. The van der Waals surface area contributed by atoms with Crippen LogP contribution in [0.25, 0.3) is 0 Å². The second-order valence-electron chi connectivity index (χ2n) is 10.5. The molecule has 0 aliphatic carbocycles. The molecule has 0 atom stereocenters. The minimum Gasteiger partial charge on any atom is -0.299 e. The average Bonchev–Trinajstić information content (AvgIpc) is 3.02. The maximum absolute atomic E-state index is 13.0. The van der Waals surface area contributed by atoms with E-state index in [1.54, 1.807) is 51.1 Å². The molecule has 2 aromatic carbocycles. The highest BCUT2D eigenvalue weighted by Crippen LogP contribution is 2.30. The second kappa shape index (κ2) is 10.4. The summed E-state index contributed by atoms with van der Waals surface area (Å²) >= 11 is 0. The van der Waals surface area contributed by atoms with Gasteiger partial charge in [-0.3, -0.25) is 14.4 Å². The standard InChI is InChI=1S/C28H35NO5S/c1-19(2)21-11-13-22(14-12-21)29-26(31)24-15-10-20(18-25(24)27(29)32)17-23(30)9-7-6-8-16-35(33,34)28(3,4)5/h10-15,18-19H,6-9,16-17H2,1-5H3. The summed E-state index contributed by atoms with van der Waals surface area (Å²) < 4.78 is 23.6. The van der Waals surface area contributed by atoms with Crippen LogP contribution < -0.4 is 4.90 Å². The number of ketones is 1. The summed E-state index contributed by atoms with van der Waals surface area (Å²) in [6.45, 7) is 9.25.